The topological polar surface area (TPSA) is 158 Å². The van der Waals surface area contributed by atoms with Crippen molar-refractivity contribution in [1.82, 2.24) is 29.9 Å². The van der Waals surface area contributed by atoms with Gasteiger partial charge in [-0.05, 0) is 108 Å². The molecule has 0 spiro atoms. The Labute approximate surface area is 374 Å². The van der Waals surface area contributed by atoms with Gasteiger partial charge in [0.25, 0.3) is 5.92 Å². The van der Waals surface area contributed by atoms with Gasteiger partial charge in [-0.2, -0.15) is 32.1 Å². The number of sulfone groups is 1. The van der Waals surface area contributed by atoms with Crippen molar-refractivity contribution in [2.45, 2.75) is 117 Å². The van der Waals surface area contributed by atoms with Crippen LogP contribution in [0.2, 0.25) is 5.02 Å². The first-order valence-corrected chi connectivity index (χ1v) is 24.3. The van der Waals surface area contributed by atoms with Gasteiger partial charge in [0.05, 0.1) is 42.4 Å². The van der Waals surface area contributed by atoms with Crippen LogP contribution in [0.1, 0.15) is 105 Å². The molecule has 3 saturated carbocycles. The lowest BCUT2D eigenvalue weighted by atomic mass is 9.93. The number of benzene rings is 2. The molecule has 0 aliphatic heterocycles. The average molecular weight is 970 g/mol. The van der Waals surface area contributed by atoms with Gasteiger partial charge in [-0.1, -0.05) is 23.7 Å². The zero-order valence-electron chi connectivity index (χ0n) is 35.3. The lowest BCUT2D eigenvalue weighted by molar-refractivity contribution is -0.142. The van der Waals surface area contributed by atoms with E-state index in [0.29, 0.717) is 47.7 Å². The van der Waals surface area contributed by atoms with E-state index < -0.39 is 112 Å². The molecule has 2 aromatic carbocycles. The lowest BCUT2D eigenvalue weighted by Gasteiger charge is -2.26. The van der Waals surface area contributed by atoms with Gasteiger partial charge in [-0.3, -0.25) is 23.9 Å². The van der Waals surface area contributed by atoms with Crippen LogP contribution in [0.4, 0.5) is 36.6 Å². The molecule has 3 fully saturated rings. The van der Waals surface area contributed by atoms with Gasteiger partial charge < -0.3 is 5.32 Å². The summed E-state index contributed by atoms with van der Waals surface area (Å²) in [6.45, 7) is 3.72. The maximum absolute atomic E-state index is 15.5. The largest absolute Gasteiger partial charge is 0.435 e. The minimum absolute atomic E-state index is 0.000577. The Morgan fingerprint density at radius 1 is 0.985 bits per heavy atom. The standard InChI is InChI=1S/C43H43ClF7N7O5S2/c1-40(2,64(60,61)25-6-7-25)12-11-24-5-8-26(27-9-10-30(44)34-36(27)57(4)55-39(34)56-65(62,63)41(3)13-14-41)35(52-24)31(17-21-15-22(45)18-23(46)16-21)53-32(59)20-58-38-33(37(54-58)43(49,50)51)28-19-29(28)42(38,47)48/h5,8-10,15-16,18,25,28-29,31H,6-7,11-14,17,19-20H2,1-4H3,(H,53,59)(H,55,56)/t28-,29+,31-/m0/s1. The molecule has 5 aromatic rings. The van der Waals surface area contributed by atoms with Gasteiger partial charge in [-0.25, -0.2) is 25.6 Å². The van der Waals surface area contributed by atoms with Crippen LogP contribution in [-0.4, -0.2) is 62.0 Å². The van der Waals surface area contributed by atoms with Crippen LogP contribution in [0.25, 0.3) is 22.0 Å². The molecule has 1 amide bonds. The van der Waals surface area contributed by atoms with Crippen LogP contribution in [-0.2, 0) is 63.2 Å². The van der Waals surface area contributed by atoms with Crippen LogP contribution < -0.4 is 10.0 Å². The molecule has 65 heavy (non-hydrogen) atoms. The molecule has 3 heterocycles. The summed E-state index contributed by atoms with van der Waals surface area (Å²) in [7, 11) is -5.93. The second-order valence-corrected chi connectivity index (χ2v) is 24.0. The number of sulfonamides is 1. The zero-order chi connectivity index (χ0) is 47.0. The molecule has 22 heteroatoms. The third kappa shape index (κ3) is 7.95. The molecule has 0 unspecified atom stereocenters. The summed E-state index contributed by atoms with van der Waals surface area (Å²) in [6, 6.07) is 7.53. The molecule has 2 N–H and O–H groups in total. The third-order valence-corrected chi connectivity index (χ3v) is 18.9. The Hall–Kier alpha value is -4.76. The maximum atomic E-state index is 15.5. The number of alkyl halides is 5. The Balaban J connectivity index is 1.17. The number of halogens is 8. The van der Waals surface area contributed by atoms with Gasteiger partial charge in [-0.15, -0.1) is 0 Å². The molecule has 3 aromatic heterocycles. The number of fused-ring (bicyclic) bond motifs is 4. The Kier molecular flexibility index (Phi) is 10.6. The van der Waals surface area contributed by atoms with E-state index in [1.54, 1.807) is 39.0 Å². The second-order valence-electron chi connectivity index (χ2n) is 18.5. The number of aryl methyl sites for hydroxylation is 2. The number of amides is 1. The highest BCUT2D eigenvalue weighted by Gasteiger charge is 2.68. The smallest absolute Gasteiger partial charge is 0.346 e. The van der Waals surface area contributed by atoms with Crippen LogP contribution >= 0.6 is 11.6 Å². The van der Waals surface area contributed by atoms with Crippen molar-refractivity contribution >= 4 is 54.1 Å². The minimum atomic E-state index is -5.10. The Morgan fingerprint density at radius 3 is 2.28 bits per heavy atom. The summed E-state index contributed by atoms with van der Waals surface area (Å²) in [5, 5.41) is 10.5. The molecule has 9 rings (SSSR count). The summed E-state index contributed by atoms with van der Waals surface area (Å²) in [5.74, 6) is -9.25. The van der Waals surface area contributed by atoms with Gasteiger partial charge >= 0.3 is 6.18 Å². The number of pyridine rings is 1. The number of hydrogen-bond donors (Lipinski definition) is 2. The Bertz CT molecular complexity index is 3020. The normalized spacial score (nSPS) is 20.4. The molecule has 0 radical (unpaired) electrons. The van der Waals surface area contributed by atoms with Crippen molar-refractivity contribution in [3.8, 4) is 11.1 Å². The molecule has 4 aliphatic carbocycles. The van der Waals surface area contributed by atoms with E-state index in [9.17, 15) is 43.6 Å². The summed E-state index contributed by atoms with van der Waals surface area (Å²) < 4.78 is 159. The van der Waals surface area contributed by atoms with E-state index in [2.05, 4.69) is 20.2 Å². The van der Waals surface area contributed by atoms with Crippen molar-refractivity contribution in [2.75, 3.05) is 4.72 Å². The number of nitrogens with one attached hydrogen (secondary N) is 2. The fraction of sp³-hybridized carbons (Fsp3) is 0.488. The van der Waals surface area contributed by atoms with E-state index in [1.807, 2.05) is 0 Å². The Morgan fingerprint density at radius 2 is 1.65 bits per heavy atom. The average Bonchev–Trinajstić information content (AvgIpc) is 4.13. The van der Waals surface area contributed by atoms with E-state index in [4.69, 9.17) is 16.6 Å². The van der Waals surface area contributed by atoms with Crippen molar-refractivity contribution in [3.05, 3.63) is 93.0 Å². The molecule has 0 saturated heterocycles. The maximum Gasteiger partial charge on any atom is 0.435 e. The SMILES string of the molecule is Cn1nc(NS(=O)(=O)C2(C)CC2)c2c(Cl)ccc(-c3ccc(CCC(C)(C)S(=O)(=O)C4CC4)nc3[C@H](Cc3cc(F)cc(F)c3)NC(=O)Cn3nc(C(F)(F)F)c4c3C(F)(F)[C@@H]3C[C@H]43)c21. The zero-order valence-corrected chi connectivity index (χ0v) is 37.7. The van der Waals surface area contributed by atoms with Crippen LogP contribution in [0.15, 0.2) is 42.5 Å². The monoisotopic (exact) mass is 969 g/mol. The first kappa shape index (κ1) is 45.4. The first-order valence-electron chi connectivity index (χ1n) is 20.9. The number of anilines is 1. The molecule has 3 atom stereocenters. The van der Waals surface area contributed by atoms with E-state index >= 15 is 8.78 Å². The minimum Gasteiger partial charge on any atom is -0.346 e. The van der Waals surface area contributed by atoms with E-state index in [1.165, 1.54) is 17.8 Å². The highest BCUT2D eigenvalue weighted by atomic mass is 35.5. The predicted octanol–water partition coefficient (Wildman–Crippen LogP) is 8.67. The van der Waals surface area contributed by atoms with Gasteiger partial charge in [0, 0.05) is 41.4 Å². The predicted molar refractivity (Wildman–Crippen MR) is 226 cm³/mol. The van der Waals surface area contributed by atoms with Crippen molar-refractivity contribution < 1.29 is 52.4 Å². The summed E-state index contributed by atoms with van der Waals surface area (Å²) in [5.41, 5.74) is -1.94. The van der Waals surface area contributed by atoms with E-state index in [-0.39, 0.29) is 57.8 Å². The van der Waals surface area contributed by atoms with Crippen molar-refractivity contribution in [3.63, 3.8) is 0 Å². The molecule has 4 aliphatic rings. The number of hydrogen-bond acceptors (Lipinski definition) is 8. The number of carbonyl (C=O) groups excluding carboxylic acids is 1. The quantitative estimate of drug-likeness (QED) is 0.0988. The molecule has 12 nitrogen and oxygen atoms in total. The number of rotatable bonds is 15. The summed E-state index contributed by atoms with van der Waals surface area (Å²) in [4.78, 5) is 19.1. The number of carbonyl (C=O) groups is 1. The second kappa shape index (κ2) is 15.1. The molecular weight excluding hydrogens is 927 g/mol. The van der Waals surface area contributed by atoms with E-state index in [0.717, 1.165) is 12.1 Å². The van der Waals surface area contributed by atoms with Crippen molar-refractivity contribution in [1.29, 1.82) is 0 Å². The highest BCUT2D eigenvalue weighted by Crippen LogP contribution is 2.68. The highest BCUT2D eigenvalue weighted by molar-refractivity contribution is 7.94. The molecular formula is C43H43ClF7N7O5S2. The summed E-state index contributed by atoms with van der Waals surface area (Å²) in [6.07, 6.45) is -3.51. The van der Waals surface area contributed by atoms with Gasteiger partial charge in [0.15, 0.2) is 21.3 Å². The number of aromatic nitrogens is 5. The fourth-order valence-electron chi connectivity index (χ4n) is 9.06. The third-order valence-electron chi connectivity index (χ3n) is 13.3. The molecule has 0 bridgehead atoms. The lowest BCUT2D eigenvalue weighted by Crippen LogP contribution is -2.36. The van der Waals surface area contributed by atoms with Gasteiger partial charge in [0.2, 0.25) is 15.9 Å². The van der Waals surface area contributed by atoms with Crippen LogP contribution in [0, 0.1) is 17.6 Å². The summed E-state index contributed by atoms with van der Waals surface area (Å²) >= 11 is 6.74. The fourth-order valence-corrected chi connectivity index (χ4v) is 12.6. The number of nitrogens with zero attached hydrogens (tertiary/aromatic N) is 5. The van der Waals surface area contributed by atoms with Crippen LogP contribution in [0.3, 0.4) is 0 Å². The van der Waals surface area contributed by atoms with Crippen molar-refractivity contribution in [2.24, 2.45) is 13.0 Å². The first-order chi connectivity index (χ1) is 30.2. The molecule has 348 valence electrons. The van der Waals surface area contributed by atoms with Crippen LogP contribution in [0.5, 0.6) is 0 Å². The van der Waals surface area contributed by atoms with Gasteiger partial charge in [0.1, 0.15) is 23.9 Å².